The van der Waals surface area contributed by atoms with Gasteiger partial charge in [0.2, 0.25) is 18.6 Å². The first-order valence-electron chi connectivity index (χ1n) is 19.1. The van der Waals surface area contributed by atoms with Crippen LogP contribution in [0.4, 0.5) is 9.59 Å². The second-order valence-electron chi connectivity index (χ2n) is 16.3. The lowest BCUT2D eigenvalue weighted by Gasteiger charge is -2.34. The molecular weight excluding hydrogens is 684 g/mol. The number of hydrogen-bond donors (Lipinski definition) is 2. The summed E-state index contributed by atoms with van der Waals surface area (Å²) < 4.78 is 27.2. The van der Waals surface area contributed by atoms with Crippen LogP contribution in [0.3, 0.4) is 0 Å². The molecule has 4 rings (SSSR count). The number of nitrogens with zero attached hydrogens (tertiary/aromatic N) is 2. The van der Waals surface area contributed by atoms with Crippen molar-refractivity contribution in [3.05, 3.63) is 23.8 Å². The molecule has 3 unspecified atom stereocenters. The van der Waals surface area contributed by atoms with Crippen LogP contribution in [0.2, 0.25) is 0 Å². The van der Waals surface area contributed by atoms with Crippen molar-refractivity contribution in [2.75, 3.05) is 46.1 Å². The van der Waals surface area contributed by atoms with Crippen LogP contribution >= 0.6 is 0 Å². The number of carbonyl (C=O) groups excluding carboxylic acids is 5. The molecule has 3 aliphatic heterocycles. The summed E-state index contributed by atoms with van der Waals surface area (Å²) in [5.41, 5.74) is -0.478. The zero-order valence-electron chi connectivity index (χ0n) is 32.6. The molecule has 296 valence electrons. The molecule has 3 atom stereocenters. The average Bonchev–Trinajstić information content (AvgIpc) is 3.75. The lowest BCUT2D eigenvalue weighted by atomic mass is 9.85. The molecule has 2 fully saturated rings. The Bertz CT molecular complexity index is 1430. The Hall–Kier alpha value is -4.23. The van der Waals surface area contributed by atoms with Crippen molar-refractivity contribution in [2.45, 2.75) is 117 Å². The van der Waals surface area contributed by atoms with Gasteiger partial charge in [-0.25, -0.2) is 9.59 Å². The summed E-state index contributed by atoms with van der Waals surface area (Å²) in [4.78, 5) is 68.1. The minimum Gasteiger partial charge on any atom is -0.466 e. The maximum absolute atomic E-state index is 13.7. The number of amides is 4. The van der Waals surface area contributed by atoms with Crippen LogP contribution in [-0.2, 0) is 28.6 Å². The molecule has 0 spiro atoms. The number of esters is 1. The van der Waals surface area contributed by atoms with Crippen LogP contribution in [-0.4, -0.2) is 97.1 Å². The van der Waals surface area contributed by atoms with Crippen molar-refractivity contribution in [3.8, 4) is 11.5 Å². The van der Waals surface area contributed by atoms with E-state index < -0.39 is 29.1 Å². The molecule has 0 aliphatic carbocycles. The highest BCUT2D eigenvalue weighted by molar-refractivity contribution is 5.86. The summed E-state index contributed by atoms with van der Waals surface area (Å²) in [5.74, 6) is 0.238. The summed E-state index contributed by atoms with van der Waals surface area (Å²) in [6.07, 6.45) is 4.59. The molecule has 0 aromatic heterocycles. The molecule has 1 aromatic carbocycles. The normalized spacial score (nSPS) is 18.6. The molecule has 14 heteroatoms. The Kier molecular flexibility index (Phi) is 14.6. The molecule has 4 amide bonds. The van der Waals surface area contributed by atoms with Gasteiger partial charge < -0.3 is 44.1 Å². The van der Waals surface area contributed by atoms with Gasteiger partial charge in [-0.2, -0.15) is 0 Å². The van der Waals surface area contributed by atoms with Gasteiger partial charge in [0.25, 0.3) is 0 Å². The number of hydrogen-bond acceptors (Lipinski definition) is 10. The zero-order chi connectivity index (χ0) is 38.8. The number of ether oxygens (including phenoxy) is 5. The standard InChI is InChI=1S/C39H60N4O10/c1-8-49-34(45)22-30(29-13-14-31-32(21-29)51-25-50-31)41-33(44)23-40-35(46)28(12-10-27-17-20-43(24-27)37(48)53-39(5,6)7)11-9-26-15-18-42(19-16-26)36(47)52-38(2,3)4/h13-14,21,26-28,30H,8-12,15-20,22-25H2,1-7H3,(H,40,46)(H,41,44). The van der Waals surface area contributed by atoms with Crippen molar-refractivity contribution in [1.29, 1.82) is 0 Å². The van der Waals surface area contributed by atoms with E-state index in [2.05, 4.69) is 10.6 Å². The Morgan fingerprint density at radius 2 is 1.42 bits per heavy atom. The van der Waals surface area contributed by atoms with E-state index in [0.29, 0.717) is 62.0 Å². The van der Waals surface area contributed by atoms with Gasteiger partial charge >= 0.3 is 18.2 Å². The topological polar surface area (TPSA) is 162 Å². The number of likely N-dealkylation sites (tertiary alicyclic amines) is 2. The summed E-state index contributed by atoms with van der Waals surface area (Å²) >= 11 is 0. The molecular formula is C39H60N4O10. The number of nitrogens with one attached hydrogen (secondary N) is 2. The van der Waals surface area contributed by atoms with Crippen LogP contribution in [0, 0.1) is 17.8 Å². The molecule has 0 bridgehead atoms. The summed E-state index contributed by atoms with van der Waals surface area (Å²) in [6.45, 7) is 15.3. The van der Waals surface area contributed by atoms with Crippen molar-refractivity contribution in [1.82, 2.24) is 20.4 Å². The third-order valence-electron chi connectivity index (χ3n) is 9.65. The molecule has 2 N–H and O–H groups in total. The van der Waals surface area contributed by atoms with Gasteiger partial charge in [-0.3, -0.25) is 14.4 Å². The van der Waals surface area contributed by atoms with Crippen LogP contribution in [0.15, 0.2) is 18.2 Å². The van der Waals surface area contributed by atoms with Crippen molar-refractivity contribution < 1.29 is 47.7 Å². The van der Waals surface area contributed by atoms with E-state index in [1.54, 1.807) is 34.9 Å². The number of benzene rings is 1. The van der Waals surface area contributed by atoms with E-state index in [0.717, 1.165) is 32.1 Å². The third-order valence-corrected chi connectivity index (χ3v) is 9.65. The smallest absolute Gasteiger partial charge is 0.410 e. The minimum absolute atomic E-state index is 0.0922. The predicted octanol–water partition coefficient (Wildman–Crippen LogP) is 5.72. The number of rotatable bonds is 14. The second kappa shape index (κ2) is 18.7. The summed E-state index contributed by atoms with van der Waals surface area (Å²) in [6, 6.07) is 4.52. The number of fused-ring (bicyclic) bond motifs is 1. The first-order chi connectivity index (χ1) is 25.0. The van der Waals surface area contributed by atoms with E-state index in [9.17, 15) is 24.0 Å². The molecule has 0 saturated carbocycles. The van der Waals surface area contributed by atoms with Crippen LogP contribution in [0.1, 0.15) is 111 Å². The molecule has 53 heavy (non-hydrogen) atoms. The fourth-order valence-electron chi connectivity index (χ4n) is 6.90. The average molecular weight is 745 g/mol. The van der Waals surface area contributed by atoms with E-state index in [4.69, 9.17) is 23.7 Å². The quantitative estimate of drug-likeness (QED) is 0.178. The van der Waals surface area contributed by atoms with Gasteiger partial charge in [0.1, 0.15) is 11.2 Å². The van der Waals surface area contributed by atoms with Crippen LogP contribution in [0.25, 0.3) is 0 Å². The SMILES string of the molecule is CCOC(=O)CC(NC(=O)CNC(=O)C(CCC1CCN(C(=O)OC(C)(C)C)CC1)CCC1CCN(C(=O)OC(C)(C)C)C1)c1ccc2c(c1)OCO2. The Labute approximate surface area is 313 Å². The minimum atomic E-state index is -0.703. The summed E-state index contributed by atoms with van der Waals surface area (Å²) in [5, 5.41) is 5.74. The Morgan fingerprint density at radius 1 is 0.830 bits per heavy atom. The van der Waals surface area contributed by atoms with Gasteiger partial charge in [0.05, 0.1) is 25.6 Å². The third kappa shape index (κ3) is 13.6. The van der Waals surface area contributed by atoms with Gasteiger partial charge in [0.15, 0.2) is 11.5 Å². The second-order valence-corrected chi connectivity index (χ2v) is 16.3. The van der Waals surface area contributed by atoms with Crippen LogP contribution < -0.4 is 20.1 Å². The maximum atomic E-state index is 13.7. The van der Waals surface area contributed by atoms with E-state index in [-0.39, 0.29) is 56.3 Å². The van der Waals surface area contributed by atoms with Crippen LogP contribution in [0.5, 0.6) is 11.5 Å². The fraction of sp³-hybridized carbons (Fsp3) is 0.718. The fourth-order valence-corrected chi connectivity index (χ4v) is 6.90. The van der Waals surface area contributed by atoms with Crippen molar-refractivity contribution in [2.24, 2.45) is 17.8 Å². The summed E-state index contributed by atoms with van der Waals surface area (Å²) in [7, 11) is 0. The molecule has 3 aliphatic rings. The van der Waals surface area contributed by atoms with Gasteiger partial charge in [-0.05, 0) is 123 Å². The Balaban J connectivity index is 1.35. The first-order valence-corrected chi connectivity index (χ1v) is 19.1. The van der Waals surface area contributed by atoms with Gasteiger partial charge in [-0.1, -0.05) is 6.07 Å². The van der Waals surface area contributed by atoms with Gasteiger partial charge in [0, 0.05) is 32.1 Å². The first kappa shape index (κ1) is 41.5. The van der Waals surface area contributed by atoms with E-state index >= 15 is 0 Å². The highest BCUT2D eigenvalue weighted by Gasteiger charge is 2.32. The molecule has 3 heterocycles. The largest absolute Gasteiger partial charge is 0.466 e. The highest BCUT2D eigenvalue weighted by Crippen LogP contribution is 2.35. The Morgan fingerprint density at radius 3 is 2.06 bits per heavy atom. The van der Waals surface area contributed by atoms with Crippen molar-refractivity contribution in [3.63, 3.8) is 0 Å². The lowest BCUT2D eigenvalue weighted by Crippen LogP contribution is -2.42. The lowest BCUT2D eigenvalue weighted by molar-refractivity contribution is -0.144. The highest BCUT2D eigenvalue weighted by atomic mass is 16.7. The number of piperidine rings is 1. The number of carbonyl (C=O) groups is 5. The van der Waals surface area contributed by atoms with Crippen molar-refractivity contribution >= 4 is 30.0 Å². The molecule has 14 nitrogen and oxygen atoms in total. The molecule has 0 radical (unpaired) electrons. The van der Waals surface area contributed by atoms with E-state index in [1.807, 2.05) is 41.5 Å². The zero-order valence-corrected chi connectivity index (χ0v) is 32.6. The van der Waals surface area contributed by atoms with Gasteiger partial charge in [-0.15, -0.1) is 0 Å². The molecule has 2 saturated heterocycles. The predicted molar refractivity (Wildman–Crippen MR) is 196 cm³/mol. The molecule has 1 aromatic rings. The monoisotopic (exact) mass is 744 g/mol. The maximum Gasteiger partial charge on any atom is 0.410 e. The van der Waals surface area contributed by atoms with E-state index in [1.165, 1.54) is 0 Å².